The van der Waals surface area contributed by atoms with Crippen LogP contribution >= 0.6 is 11.3 Å². The molecular weight excluding hydrogens is 420 g/mol. The van der Waals surface area contributed by atoms with E-state index in [0.717, 1.165) is 66.3 Å². The van der Waals surface area contributed by atoms with Crippen LogP contribution in [-0.2, 0) is 16.0 Å². The summed E-state index contributed by atoms with van der Waals surface area (Å²) < 4.78 is 5.69. The molecule has 0 bridgehead atoms. The molecule has 2 aliphatic rings. The first kappa shape index (κ1) is 20.9. The van der Waals surface area contributed by atoms with Crippen molar-refractivity contribution in [3.8, 4) is 0 Å². The highest BCUT2D eigenvalue weighted by Crippen LogP contribution is 2.38. The number of nitrogens with one attached hydrogen (secondary N) is 1. The molecule has 2 heterocycles. The van der Waals surface area contributed by atoms with E-state index in [2.05, 4.69) is 22.8 Å². The Balaban J connectivity index is 1.47. The van der Waals surface area contributed by atoms with Crippen LogP contribution in [0.4, 0.5) is 0 Å². The zero-order valence-corrected chi connectivity index (χ0v) is 18.9. The molecule has 3 aromatic rings. The fraction of sp³-hybridized carbons (Fsp3) is 0.346. The van der Waals surface area contributed by atoms with Crippen LogP contribution in [-0.4, -0.2) is 29.0 Å². The van der Waals surface area contributed by atoms with Gasteiger partial charge in [-0.15, -0.1) is 11.3 Å². The number of para-hydroxylation sites is 1. The molecule has 5 nitrogen and oxygen atoms in total. The molecule has 1 N–H and O–H groups in total. The van der Waals surface area contributed by atoms with Crippen LogP contribution in [0.1, 0.15) is 65.5 Å². The monoisotopic (exact) mass is 446 g/mol. The molecule has 0 radical (unpaired) electrons. The Morgan fingerprint density at radius 3 is 2.75 bits per heavy atom. The normalized spacial score (nSPS) is 18.1. The molecule has 6 heteroatoms. The molecule has 1 fully saturated rings. The number of fused-ring (bicyclic) bond motifs is 2. The van der Waals surface area contributed by atoms with E-state index in [0.29, 0.717) is 5.56 Å². The first-order chi connectivity index (χ1) is 15.6. The number of amides is 1. The SMILES string of the molecule is CC(OC(=O)c1c2c(nc3ccccc13)/C(=C/c1cccs1)CC2)C(=O)NC1CCCC1. The van der Waals surface area contributed by atoms with E-state index < -0.39 is 12.1 Å². The largest absolute Gasteiger partial charge is 0.449 e. The highest BCUT2D eigenvalue weighted by atomic mass is 32.1. The number of allylic oxidation sites excluding steroid dienone is 1. The summed E-state index contributed by atoms with van der Waals surface area (Å²) in [5.41, 5.74) is 4.22. The summed E-state index contributed by atoms with van der Waals surface area (Å²) >= 11 is 1.68. The third-order valence-electron chi connectivity index (χ3n) is 6.36. The quantitative estimate of drug-likeness (QED) is 0.534. The summed E-state index contributed by atoms with van der Waals surface area (Å²) in [5, 5.41) is 5.85. The van der Waals surface area contributed by atoms with E-state index in [1.165, 1.54) is 4.88 Å². The number of carbonyl (C=O) groups is 2. The molecule has 1 unspecified atom stereocenters. The van der Waals surface area contributed by atoms with Crippen molar-refractivity contribution in [3.05, 3.63) is 63.5 Å². The number of hydrogen-bond donors (Lipinski definition) is 1. The van der Waals surface area contributed by atoms with Crippen molar-refractivity contribution >= 4 is 45.8 Å². The van der Waals surface area contributed by atoms with Gasteiger partial charge in [0.05, 0.1) is 16.8 Å². The van der Waals surface area contributed by atoms with Gasteiger partial charge in [0.25, 0.3) is 5.91 Å². The summed E-state index contributed by atoms with van der Waals surface area (Å²) in [7, 11) is 0. The second kappa shape index (κ2) is 8.87. The van der Waals surface area contributed by atoms with Gasteiger partial charge in [0.2, 0.25) is 0 Å². The van der Waals surface area contributed by atoms with Gasteiger partial charge in [-0.2, -0.15) is 0 Å². The number of esters is 1. The summed E-state index contributed by atoms with van der Waals surface area (Å²) in [4.78, 5) is 32.0. The lowest BCUT2D eigenvalue weighted by Crippen LogP contribution is -2.41. The average Bonchev–Trinajstić information content (AvgIpc) is 3.56. The van der Waals surface area contributed by atoms with Crippen LogP contribution in [0.2, 0.25) is 0 Å². The number of ether oxygens (including phenoxy) is 1. The van der Waals surface area contributed by atoms with Crippen LogP contribution in [0.15, 0.2) is 41.8 Å². The number of rotatable bonds is 5. The topological polar surface area (TPSA) is 68.3 Å². The Morgan fingerprint density at radius 2 is 1.97 bits per heavy atom. The summed E-state index contributed by atoms with van der Waals surface area (Å²) in [6.07, 6.45) is 7.14. The maximum atomic E-state index is 13.3. The van der Waals surface area contributed by atoms with Gasteiger partial charge in [-0.3, -0.25) is 4.79 Å². The minimum atomic E-state index is -0.840. The van der Waals surface area contributed by atoms with Crippen LogP contribution in [0.3, 0.4) is 0 Å². The van der Waals surface area contributed by atoms with Crippen LogP contribution in [0, 0.1) is 0 Å². The fourth-order valence-electron chi connectivity index (χ4n) is 4.72. The Bertz CT molecular complexity index is 1190. The zero-order chi connectivity index (χ0) is 22.1. The molecular formula is C26H26N2O3S. The lowest BCUT2D eigenvalue weighted by Gasteiger charge is -2.18. The molecule has 2 aliphatic carbocycles. The van der Waals surface area contributed by atoms with Crippen molar-refractivity contribution in [3.63, 3.8) is 0 Å². The molecule has 1 aromatic carbocycles. The molecule has 1 atom stereocenters. The van der Waals surface area contributed by atoms with E-state index in [1.807, 2.05) is 30.3 Å². The van der Waals surface area contributed by atoms with E-state index in [9.17, 15) is 9.59 Å². The first-order valence-corrected chi connectivity index (χ1v) is 12.2. The fourth-order valence-corrected chi connectivity index (χ4v) is 5.40. The van der Waals surface area contributed by atoms with Gasteiger partial charge in [0.1, 0.15) is 0 Å². The summed E-state index contributed by atoms with van der Waals surface area (Å²) in [6, 6.07) is 12.0. The van der Waals surface area contributed by atoms with Crippen molar-refractivity contribution in [2.24, 2.45) is 0 Å². The summed E-state index contributed by atoms with van der Waals surface area (Å²) in [5.74, 6) is -0.676. The van der Waals surface area contributed by atoms with Gasteiger partial charge in [-0.05, 0) is 67.3 Å². The molecule has 1 amide bonds. The lowest BCUT2D eigenvalue weighted by molar-refractivity contribution is -0.129. The smallest absolute Gasteiger partial charge is 0.339 e. The summed E-state index contributed by atoms with van der Waals surface area (Å²) in [6.45, 7) is 1.65. The van der Waals surface area contributed by atoms with Crippen LogP contribution in [0.25, 0.3) is 22.6 Å². The molecule has 164 valence electrons. The average molecular weight is 447 g/mol. The van der Waals surface area contributed by atoms with Crippen molar-refractivity contribution in [2.75, 3.05) is 0 Å². The molecule has 0 aliphatic heterocycles. The maximum absolute atomic E-state index is 13.3. The van der Waals surface area contributed by atoms with E-state index in [-0.39, 0.29) is 11.9 Å². The first-order valence-electron chi connectivity index (χ1n) is 11.3. The Morgan fingerprint density at radius 1 is 1.16 bits per heavy atom. The van der Waals surface area contributed by atoms with E-state index in [4.69, 9.17) is 9.72 Å². The number of benzene rings is 1. The van der Waals surface area contributed by atoms with Gasteiger partial charge in [-0.1, -0.05) is 37.1 Å². The number of carbonyl (C=O) groups excluding carboxylic acids is 2. The van der Waals surface area contributed by atoms with Crippen LogP contribution < -0.4 is 5.32 Å². The molecule has 5 rings (SSSR count). The minimum absolute atomic E-state index is 0.194. The Labute approximate surface area is 191 Å². The number of thiophene rings is 1. The Hall–Kier alpha value is -2.99. The maximum Gasteiger partial charge on any atom is 0.339 e. The van der Waals surface area contributed by atoms with Crippen molar-refractivity contribution < 1.29 is 14.3 Å². The second-order valence-corrected chi connectivity index (χ2v) is 9.53. The van der Waals surface area contributed by atoms with Gasteiger partial charge in [-0.25, -0.2) is 9.78 Å². The third-order valence-corrected chi connectivity index (χ3v) is 7.18. The van der Waals surface area contributed by atoms with Crippen molar-refractivity contribution in [1.82, 2.24) is 10.3 Å². The van der Waals surface area contributed by atoms with Gasteiger partial charge in [0, 0.05) is 16.3 Å². The number of aromatic nitrogens is 1. The highest BCUT2D eigenvalue weighted by Gasteiger charge is 2.30. The minimum Gasteiger partial charge on any atom is -0.449 e. The third kappa shape index (κ3) is 4.07. The number of nitrogens with zero attached hydrogens (tertiary/aromatic N) is 1. The van der Waals surface area contributed by atoms with Crippen LogP contribution in [0.5, 0.6) is 0 Å². The van der Waals surface area contributed by atoms with Crippen molar-refractivity contribution in [2.45, 2.75) is 57.6 Å². The molecule has 0 saturated heterocycles. The second-order valence-electron chi connectivity index (χ2n) is 8.55. The molecule has 0 spiro atoms. The Kier molecular flexibility index (Phi) is 5.79. The number of hydrogen-bond acceptors (Lipinski definition) is 5. The molecule has 1 saturated carbocycles. The predicted molar refractivity (Wildman–Crippen MR) is 128 cm³/mol. The highest BCUT2D eigenvalue weighted by molar-refractivity contribution is 7.10. The number of pyridine rings is 1. The van der Waals surface area contributed by atoms with E-state index >= 15 is 0 Å². The zero-order valence-electron chi connectivity index (χ0n) is 18.1. The lowest BCUT2D eigenvalue weighted by atomic mass is 10.0. The predicted octanol–water partition coefficient (Wildman–Crippen LogP) is 5.39. The van der Waals surface area contributed by atoms with Gasteiger partial charge >= 0.3 is 5.97 Å². The van der Waals surface area contributed by atoms with Gasteiger partial charge < -0.3 is 10.1 Å². The van der Waals surface area contributed by atoms with Crippen molar-refractivity contribution in [1.29, 1.82) is 0 Å². The molecule has 2 aromatic heterocycles. The van der Waals surface area contributed by atoms with E-state index in [1.54, 1.807) is 18.3 Å². The molecule has 32 heavy (non-hydrogen) atoms. The van der Waals surface area contributed by atoms with Gasteiger partial charge in [0.15, 0.2) is 6.10 Å². The standard InChI is InChI=1S/C26H26N2O3S/c1-16(25(29)27-18-7-2-3-8-18)31-26(30)23-20-10-4-5-11-22(20)28-24-17(12-13-21(23)24)15-19-9-6-14-32-19/h4-6,9-11,14-16,18H,2-3,7-8,12-13H2,1H3,(H,27,29)/b17-15+.